The van der Waals surface area contributed by atoms with Crippen molar-refractivity contribution in [3.8, 4) is 11.5 Å². The lowest BCUT2D eigenvalue weighted by molar-refractivity contribution is 0.275. The van der Waals surface area contributed by atoms with Crippen LogP contribution in [0.3, 0.4) is 0 Å². The maximum Gasteiger partial charge on any atom is 0.166 e. The van der Waals surface area contributed by atoms with Gasteiger partial charge in [0.15, 0.2) is 11.5 Å². The van der Waals surface area contributed by atoms with Crippen molar-refractivity contribution in [2.24, 2.45) is 0 Å². The fourth-order valence-electron chi connectivity index (χ4n) is 3.75. The average molecular weight is 406 g/mol. The molecule has 3 rings (SSSR count). The third kappa shape index (κ3) is 5.62. The SMILES string of the molecule is COc1cccc(CNC2CCCCCCC2)c1OCc1c(F)cccc1Cl. The van der Waals surface area contributed by atoms with Crippen LogP contribution < -0.4 is 14.8 Å². The number of hydrogen-bond acceptors (Lipinski definition) is 3. The molecule has 1 aliphatic rings. The summed E-state index contributed by atoms with van der Waals surface area (Å²) in [6, 6.07) is 11.0. The van der Waals surface area contributed by atoms with Gasteiger partial charge in [-0.05, 0) is 31.0 Å². The van der Waals surface area contributed by atoms with E-state index in [2.05, 4.69) is 5.32 Å². The Kier molecular flexibility index (Phi) is 7.99. The highest BCUT2D eigenvalue weighted by Gasteiger charge is 2.16. The van der Waals surface area contributed by atoms with Gasteiger partial charge in [-0.1, -0.05) is 61.9 Å². The second kappa shape index (κ2) is 10.7. The molecule has 2 aromatic carbocycles. The average Bonchev–Trinajstić information content (AvgIpc) is 2.67. The maximum absolute atomic E-state index is 14.1. The molecule has 0 atom stereocenters. The zero-order valence-electron chi connectivity index (χ0n) is 16.5. The minimum absolute atomic E-state index is 0.0578. The van der Waals surface area contributed by atoms with Crippen LogP contribution in [0.5, 0.6) is 11.5 Å². The molecule has 0 spiro atoms. The molecule has 3 nitrogen and oxygen atoms in total. The van der Waals surface area contributed by atoms with E-state index in [0.717, 1.165) is 5.56 Å². The summed E-state index contributed by atoms with van der Waals surface area (Å²) in [4.78, 5) is 0. The Morgan fingerprint density at radius 1 is 1.04 bits per heavy atom. The molecule has 0 aliphatic heterocycles. The Hall–Kier alpha value is -1.78. The molecule has 1 N–H and O–H groups in total. The molecular formula is C23H29ClFNO2. The van der Waals surface area contributed by atoms with Crippen LogP contribution in [0.1, 0.15) is 56.1 Å². The van der Waals surface area contributed by atoms with Gasteiger partial charge in [0, 0.05) is 23.7 Å². The van der Waals surface area contributed by atoms with Crippen LogP contribution in [-0.4, -0.2) is 13.2 Å². The summed E-state index contributed by atoms with van der Waals surface area (Å²) in [6.07, 6.45) is 9.01. The van der Waals surface area contributed by atoms with Crippen molar-refractivity contribution in [3.63, 3.8) is 0 Å². The van der Waals surface area contributed by atoms with Crippen LogP contribution in [0, 0.1) is 5.82 Å². The number of benzene rings is 2. The lowest BCUT2D eigenvalue weighted by atomic mass is 9.96. The zero-order valence-corrected chi connectivity index (χ0v) is 17.2. The molecule has 1 saturated carbocycles. The maximum atomic E-state index is 14.1. The molecule has 1 aliphatic carbocycles. The second-order valence-corrected chi connectivity index (χ2v) is 7.77. The van der Waals surface area contributed by atoms with Crippen LogP contribution in [0.15, 0.2) is 36.4 Å². The smallest absolute Gasteiger partial charge is 0.166 e. The second-order valence-electron chi connectivity index (χ2n) is 7.36. The molecule has 5 heteroatoms. The van der Waals surface area contributed by atoms with Crippen LogP contribution >= 0.6 is 11.6 Å². The Morgan fingerprint density at radius 2 is 1.75 bits per heavy atom. The Labute approximate surface area is 172 Å². The Bertz CT molecular complexity index is 740. The monoisotopic (exact) mass is 405 g/mol. The van der Waals surface area contributed by atoms with Gasteiger partial charge in [-0.3, -0.25) is 0 Å². The molecule has 0 amide bonds. The van der Waals surface area contributed by atoms with Crippen molar-refractivity contribution in [2.45, 2.75) is 64.1 Å². The van der Waals surface area contributed by atoms with Gasteiger partial charge in [-0.25, -0.2) is 4.39 Å². The Morgan fingerprint density at radius 3 is 2.46 bits per heavy atom. The predicted molar refractivity (Wildman–Crippen MR) is 112 cm³/mol. The Balaban J connectivity index is 1.71. The first-order valence-corrected chi connectivity index (χ1v) is 10.5. The first-order chi connectivity index (χ1) is 13.7. The molecular weight excluding hydrogens is 377 g/mol. The van der Waals surface area contributed by atoms with E-state index >= 15 is 0 Å². The lowest BCUT2D eigenvalue weighted by Crippen LogP contribution is -2.29. The molecule has 28 heavy (non-hydrogen) atoms. The molecule has 2 aromatic rings. The van der Waals surface area contributed by atoms with E-state index in [1.807, 2.05) is 18.2 Å². The van der Waals surface area contributed by atoms with Crippen molar-refractivity contribution in [1.82, 2.24) is 5.32 Å². The van der Waals surface area contributed by atoms with Gasteiger partial charge in [0.2, 0.25) is 0 Å². The van der Waals surface area contributed by atoms with Crippen molar-refractivity contribution >= 4 is 11.6 Å². The van der Waals surface area contributed by atoms with Crippen LogP contribution in [-0.2, 0) is 13.2 Å². The predicted octanol–water partition coefficient (Wildman–Crippen LogP) is 6.27. The molecule has 0 bridgehead atoms. The number of nitrogens with one attached hydrogen (secondary N) is 1. The molecule has 0 saturated heterocycles. The van der Waals surface area contributed by atoms with E-state index in [0.29, 0.717) is 34.7 Å². The van der Waals surface area contributed by atoms with Crippen LogP contribution in [0.2, 0.25) is 5.02 Å². The van der Waals surface area contributed by atoms with Gasteiger partial charge < -0.3 is 14.8 Å². The highest BCUT2D eigenvalue weighted by molar-refractivity contribution is 6.31. The highest BCUT2D eigenvalue weighted by atomic mass is 35.5. The number of rotatable bonds is 7. The summed E-state index contributed by atoms with van der Waals surface area (Å²) in [5.41, 5.74) is 1.36. The third-order valence-electron chi connectivity index (χ3n) is 5.39. The molecule has 1 fully saturated rings. The number of ether oxygens (including phenoxy) is 2. The molecule has 0 unspecified atom stereocenters. The number of halogens is 2. The van der Waals surface area contributed by atoms with Crippen molar-refractivity contribution < 1.29 is 13.9 Å². The van der Waals surface area contributed by atoms with E-state index in [4.69, 9.17) is 21.1 Å². The van der Waals surface area contributed by atoms with E-state index in [-0.39, 0.29) is 12.4 Å². The largest absolute Gasteiger partial charge is 0.493 e. The number of methoxy groups -OCH3 is 1. The summed E-state index contributed by atoms with van der Waals surface area (Å²) in [6.45, 7) is 0.754. The minimum atomic E-state index is -0.364. The summed E-state index contributed by atoms with van der Waals surface area (Å²) in [5.74, 6) is 0.920. The fourth-order valence-corrected chi connectivity index (χ4v) is 3.97. The summed E-state index contributed by atoms with van der Waals surface area (Å²) >= 11 is 6.14. The first kappa shape index (κ1) is 20.9. The summed E-state index contributed by atoms with van der Waals surface area (Å²) < 4.78 is 25.6. The van der Waals surface area contributed by atoms with Crippen molar-refractivity contribution in [2.75, 3.05) is 7.11 Å². The van der Waals surface area contributed by atoms with Crippen LogP contribution in [0.4, 0.5) is 4.39 Å². The minimum Gasteiger partial charge on any atom is -0.493 e. The van der Waals surface area contributed by atoms with Gasteiger partial charge in [-0.2, -0.15) is 0 Å². The topological polar surface area (TPSA) is 30.5 Å². The summed E-state index contributed by atoms with van der Waals surface area (Å²) in [5, 5.41) is 4.05. The van der Waals surface area contributed by atoms with Gasteiger partial charge in [-0.15, -0.1) is 0 Å². The number of hydrogen-bond donors (Lipinski definition) is 1. The molecule has 0 heterocycles. The van der Waals surface area contributed by atoms with Crippen molar-refractivity contribution in [1.29, 1.82) is 0 Å². The highest BCUT2D eigenvalue weighted by Crippen LogP contribution is 2.33. The molecule has 0 aromatic heterocycles. The lowest BCUT2D eigenvalue weighted by Gasteiger charge is -2.22. The van der Waals surface area contributed by atoms with Gasteiger partial charge in [0.25, 0.3) is 0 Å². The van der Waals surface area contributed by atoms with Gasteiger partial charge >= 0.3 is 0 Å². The van der Waals surface area contributed by atoms with Gasteiger partial charge in [0.1, 0.15) is 12.4 Å². The normalized spacial score (nSPS) is 15.7. The quantitative estimate of drug-likeness (QED) is 0.588. The summed E-state index contributed by atoms with van der Waals surface area (Å²) in [7, 11) is 1.62. The molecule has 0 radical (unpaired) electrons. The van der Waals surface area contributed by atoms with E-state index < -0.39 is 0 Å². The zero-order chi connectivity index (χ0) is 19.8. The molecule has 152 valence electrons. The standard InChI is InChI=1S/C23H29ClFNO2/c1-27-22-14-7-9-17(15-26-18-10-5-3-2-4-6-11-18)23(22)28-16-19-20(24)12-8-13-21(19)25/h7-9,12-14,18,26H,2-6,10-11,15-16H2,1H3. The van der Waals surface area contributed by atoms with E-state index in [1.165, 1.54) is 51.0 Å². The first-order valence-electron chi connectivity index (χ1n) is 10.1. The third-order valence-corrected chi connectivity index (χ3v) is 5.74. The number of para-hydroxylation sites is 1. The van der Waals surface area contributed by atoms with Crippen LogP contribution in [0.25, 0.3) is 0 Å². The van der Waals surface area contributed by atoms with Gasteiger partial charge in [0.05, 0.1) is 12.1 Å². The van der Waals surface area contributed by atoms with Crippen molar-refractivity contribution in [3.05, 3.63) is 58.4 Å². The van der Waals surface area contributed by atoms with E-state index in [1.54, 1.807) is 19.2 Å². The fraction of sp³-hybridized carbons (Fsp3) is 0.478. The van der Waals surface area contributed by atoms with E-state index in [9.17, 15) is 4.39 Å².